The number of nitrogens with zero attached hydrogens (tertiary/aromatic N) is 1. The Balaban J connectivity index is 2.53. The van der Waals surface area contributed by atoms with Crippen molar-refractivity contribution in [2.45, 2.75) is 13.5 Å². The molecule has 1 aromatic heterocycles. The van der Waals surface area contributed by atoms with Gasteiger partial charge in [-0.15, -0.1) is 0 Å². The maximum atomic E-state index is 11.8. The quantitative estimate of drug-likeness (QED) is 0.709. The number of fused-ring (bicyclic) bond motifs is 3. The number of aliphatic hydroxyl groups excluding tert-OH is 1. The van der Waals surface area contributed by atoms with Crippen molar-refractivity contribution < 1.29 is 9.90 Å². The van der Waals surface area contributed by atoms with E-state index in [1.807, 2.05) is 42.5 Å². The first kappa shape index (κ1) is 11.0. The molecule has 0 radical (unpaired) electrons. The number of para-hydroxylation sites is 1. The fourth-order valence-electron chi connectivity index (χ4n) is 2.46. The van der Waals surface area contributed by atoms with Crippen LogP contribution < -0.4 is 0 Å². The highest BCUT2D eigenvalue weighted by molar-refractivity contribution is 6.13. The molecule has 0 spiro atoms. The number of hydrogen-bond donors (Lipinski definition) is 1. The molecule has 0 amide bonds. The Hall–Kier alpha value is -2.13. The smallest absolute Gasteiger partial charge is 0.228 e. The summed E-state index contributed by atoms with van der Waals surface area (Å²) in [4.78, 5) is 11.8. The maximum Gasteiger partial charge on any atom is 0.228 e. The van der Waals surface area contributed by atoms with Crippen molar-refractivity contribution in [1.29, 1.82) is 0 Å². The molecule has 3 rings (SSSR count). The number of hydrogen-bond acceptors (Lipinski definition) is 2. The molecule has 0 saturated carbocycles. The van der Waals surface area contributed by atoms with Crippen molar-refractivity contribution in [2.24, 2.45) is 0 Å². The van der Waals surface area contributed by atoms with Gasteiger partial charge in [0.05, 0.1) is 17.6 Å². The highest BCUT2D eigenvalue weighted by atomic mass is 16.3. The van der Waals surface area contributed by atoms with E-state index in [1.54, 1.807) is 11.5 Å². The van der Waals surface area contributed by atoms with Crippen LogP contribution in [0.3, 0.4) is 0 Å². The Labute approximate surface area is 104 Å². The minimum atomic E-state index is -0.00190. The lowest BCUT2D eigenvalue weighted by Gasteiger charge is -2.01. The van der Waals surface area contributed by atoms with Crippen molar-refractivity contribution in [3.05, 3.63) is 48.0 Å². The lowest BCUT2D eigenvalue weighted by molar-refractivity contribution is 0.0946. The molecule has 0 saturated heterocycles. The van der Waals surface area contributed by atoms with Gasteiger partial charge in [0.2, 0.25) is 5.91 Å². The van der Waals surface area contributed by atoms with E-state index in [0.717, 1.165) is 27.4 Å². The first-order valence-electron chi connectivity index (χ1n) is 5.86. The van der Waals surface area contributed by atoms with Gasteiger partial charge >= 0.3 is 0 Å². The predicted molar refractivity (Wildman–Crippen MR) is 71.7 cm³/mol. The second kappa shape index (κ2) is 3.96. The number of aromatic nitrogens is 1. The van der Waals surface area contributed by atoms with E-state index in [2.05, 4.69) is 0 Å². The van der Waals surface area contributed by atoms with Crippen molar-refractivity contribution in [2.75, 3.05) is 0 Å². The first-order chi connectivity index (χ1) is 8.72. The summed E-state index contributed by atoms with van der Waals surface area (Å²) in [6, 6.07) is 13.5. The molecule has 3 nitrogen and oxygen atoms in total. The van der Waals surface area contributed by atoms with Crippen LogP contribution in [0, 0.1) is 0 Å². The summed E-state index contributed by atoms with van der Waals surface area (Å²) >= 11 is 0. The van der Waals surface area contributed by atoms with Crippen LogP contribution in [-0.4, -0.2) is 15.6 Å². The van der Waals surface area contributed by atoms with Crippen molar-refractivity contribution in [1.82, 2.24) is 4.57 Å². The Morgan fingerprint density at radius 3 is 2.56 bits per heavy atom. The Morgan fingerprint density at radius 2 is 1.83 bits per heavy atom. The monoisotopic (exact) mass is 239 g/mol. The average Bonchev–Trinajstić information content (AvgIpc) is 2.72. The molecule has 1 heterocycles. The topological polar surface area (TPSA) is 42.2 Å². The average molecular weight is 239 g/mol. The third-order valence-electron chi connectivity index (χ3n) is 3.23. The van der Waals surface area contributed by atoms with Gasteiger partial charge in [0, 0.05) is 17.7 Å². The van der Waals surface area contributed by atoms with Crippen LogP contribution in [0.4, 0.5) is 0 Å². The molecule has 3 heteroatoms. The molecule has 0 aliphatic rings. The third-order valence-corrected chi connectivity index (χ3v) is 3.23. The van der Waals surface area contributed by atoms with Crippen molar-refractivity contribution in [3.63, 3.8) is 0 Å². The van der Waals surface area contributed by atoms with Crippen molar-refractivity contribution in [3.8, 4) is 0 Å². The Bertz CT molecular complexity index is 756. The summed E-state index contributed by atoms with van der Waals surface area (Å²) in [5.41, 5.74) is 2.66. The fraction of sp³-hybridized carbons (Fsp3) is 0.133. The van der Waals surface area contributed by atoms with Gasteiger partial charge in [0.25, 0.3) is 0 Å². The van der Waals surface area contributed by atoms with E-state index >= 15 is 0 Å². The zero-order valence-corrected chi connectivity index (χ0v) is 10.1. The third kappa shape index (κ3) is 1.45. The van der Waals surface area contributed by atoms with Gasteiger partial charge in [-0.05, 0) is 23.8 Å². The Kier molecular flexibility index (Phi) is 2.42. The summed E-state index contributed by atoms with van der Waals surface area (Å²) in [5, 5.41) is 11.3. The molecule has 1 N–H and O–H groups in total. The predicted octanol–water partition coefficient (Wildman–Crippen LogP) is 2.95. The molecular weight excluding hydrogens is 226 g/mol. The minimum absolute atomic E-state index is 0.00190. The van der Waals surface area contributed by atoms with Gasteiger partial charge in [-0.3, -0.25) is 9.36 Å². The fourth-order valence-corrected chi connectivity index (χ4v) is 2.46. The zero-order chi connectivity index (χ0) is 12.7. The van der Waals surface area contributed by atoms with Gasteiger partial charge in [-0.25, -0.2) is 0 Å². The van der Waals surface area contributed by atoms with Crippen LogP contribution in [0.1, 0.15) is 17.3 Å². The molecule has 90 valence electrons. The van der Waals surface area contributed by atoms with Crippen LogP contribution in [0.25, 0.3) is 21.8 Å². The molecule has 0 atom stereocenters. The van der Waals surface area contributed by atoms with Gasteiger partial charge in [-0.1, -0.05) is 24.3 Å². The molecular formula is C15H13NO2. The highest BCUT2D eigenvalue weighted by Gasteiger charge is 2.12. The van der Waals surface area contributed by atoms with Gasteiger partial charge in [-0.2, -0.15) is 0 Å². The second-order valence-corrected chi connectivity index (χ2v) is 4.38. The summed E-state index contributed by atoms with van der Waals surface area (Å²) in [5.74, 6) is -0.00190. The maximum absolute atomic E-state index is 11.8. The van der Waals surface area contributed by atoms with Gasteiger partial charge in [0.1, 0.15) is 0 Å². The second-order valence-electron chi connectivity index (χ2n) is 4.38. The van der Waals surface area contributed by atoms with Gasteiger partial charge in [0.15, 0.2) is 0 Å². The van der Waals surface area contributed by atoms with E-state index in [4.69, 9.17) is 0 Å². The molecule has 3 aromatic rings. The molecule has 0 aliphatic heterocycles. The lowest BCUT2D eigenvalue weighted by atomic mass is 10.1. The van der Waals surface area contributed by atoms with Crippen LogP contribution in [0.2, 0.25) is 0 Å². The Morgan fingerprint density at radius 1 is 1.11 bits per heavy atom. The first-order valence-corrected chi connectivity index (χ1v) is 5.86. The van der Waals surface area contributed by atoms with Crippen LogP contribution in [0.15, 0.2) is 42.5 Å². The molecule has 2 aromatic carbocycles. The van der Waals surface area contributed by atoms with E-state index in [1.165, 1.54) is 0 Å². The van der Waals surface area contributed by atoms with E-state index in [-0.39, 0.29) is 12.5 Å². The van der Waals surface area contributed by atoms with Crippen LogP contribution in [0.5, 0.6) is 0 Å². The standard InChI is InChI=1S/C15H13NO2/c1-10(18)16-14-5-3-2-4-12(14)13-8-11(9-17)6-7-15(13)16/h2-8,17H,9H2,1H3. The number of carbonyl (C=O) groups excluding carboxylic acids is 1. The van der Waals surface area contributed by atoms with E-state index < -0.39 is 0 Å². The largest absolute Gasteiger partial charge is 0.392 e. The number of rotatable bonds is 1. The molecule has 0 aliphatic carbocycles. The van der Waals surface area contributed by atoms with Crippen molar-refractivity contribution >= 4 is 27.7 Å². The SMILES string of the molecule is CC(=O)n1c2ccccc2c2cc(CO)ccc21. The number of carbonyl (C=O) groups is 1. The molecule has 0 fully saturated rings. The molecule has 18 heavy (non-hydrogen) atoms. The van der Waals surface area contributed by atoms with E-state index in [9.17, 15) is 9.90 Å². The lowest BCUT2D eigenvalue weighted by Crippen LogP contribution is -2.04. The van der Waals surface area contributed by atoms with Crippen LogP contribution >= 0.6 is 0 Å². The number of benzene rings is 2. The minimum Gasteiger partial charge on any atom is -0.392 e. The normalized spacial score (nSPS) is 11.2. The summed E-state index contributed by atoms with van der Waals surface area (Å²) < 4.78 is 1.71. The summed E-state index contributed by atoms with van der Waals surface area (Å²) in [6.45, 7) is 1.57. The zero-order valence-electron chi connectivity index (χ0n) is 10.1. The van der Waals surface area contributed by atoms with Gasteiger partial charge < -0.3 is 5.11 Å². The molecule has 0 unspecified atom stereocenters. The number of aliphatic hydroxyl groups is 1. The summed E-state index contributed by atoms with van der Waals surface area (Å²) in [7, 11) is 0. The van der Waals surface area contributed by atoms with E-state index in [0.29, 0.717) is 0 Å². The molecule has 0 bridgehead atoms. The van der Waals surface area contributed by atoms with Crippen LogP contribution in [-0.2, 0) is 6.61 Å². The highest BCUT2D eigenvalue weighted by Crippen LogP contribution is 2.29. The summed E-state index contributed by atoms with van der Waals surface area (Å²) in [6.07, 6.45) is 0.